The second kappa shape index (κ2) is 8.20. The standard InChI is InChI=1S/C16H27N3O/c1-3-4-5-6-7-8-11-15-17-16(20-18-15)14-10-9-12-19(2)13-14/h10H,3-9,11-13H2,1-2H3. The number of aryl methyl sites for hydroxylation is 1. The summed E-state index contributed by atoms with van der Waals surface area (Å²) in [7, 11) is 2.13. The molecule has 1 aliphatic heterocycles. The first-order valence-corrected chi connectivity index (χ1v) is 8.00. The average molecular weight is 277 g/mol. The van der Waals surface area contributed by atoms with Crippen LogP contribution in [0.1, 0.15) is 63.6 Å². The van der Waals surface area contributed by atoms with Gasteiger partial charge in [0.2, 0.25) is 0 Å². The SMILES string of the molecule is CCCCCCCCc1noc(C2=CCCN(C)C2)n1. The van der Waals surface area contributed by atoms with Gasteiger partial charge < -0.3 is 9.42 Å². The molecule has 2 rings (SSSR count). The van der Waals surface area contributed by atoms with Crippen molar-refractivity contribution in [1.82, 2.24) is 15.0 Å². The Morgan fingerprint density at radius 1 is 1.20 bits per heavy atom. The van der Waals surface area contributed by atoms with Crippen molar-refractivity contribution in [3.63, 3.8) is 0 Å². The second-order valence-electron chi connectivity index (χ2n) is 5.79. The molecule has 1 aliphatic rings. The lowest BCUT2D eigenvalue weighted by Gasteiger charge is -2.20. The molecule has 0 spiro atoms. The van der Waals surface area contributed by atoms with Crippen LogP contribution in [0.3, 0.4) is 0 Å². The number of nitrogens with zero attached hydrogens (tertiary/aromatic N) is 3. The predicted molar refractivity (Wildman–Crippen MR) is 81.5 cm³/mol. The molecule has 0 saturated heterocycles. The zero-order valence-corrected chi connectivity index (χ0v) is 12.9. The van der Waals surface area contributed by atoms with Gasteiger partial charge in [0.25, 0.3) is 5.89 Å². The first-order chi connectivity index (χ1) is 9.79. The van der Waals surface area contributed by atoms with Gasteiger partial charge in [-0.2, -0.15) is 4.98 Å². The topological polar surface area (TPSA) is 42.2 Å². The third-order valence-electron chi connectivity index (χ3n) is 3.84. The molecule has 0 fully saturated rings. The van der Waals surface area contributed by atoms with Crippen LogP contribution in [0.2, 0.25) is 0 Å². The summed E-state index contributed by atoms with van der Waals surface area (Å²) in [5.74, 6) is 1.59. The van der Waals surface area contributed by atoms with E-state index in [0.29, 0.717) is 0 Å². The van der Waals surface area contributed by atoms with Crippen LogP contribution >= 0.6 is 0 Å². The van der Waals surface area contributed by atoms with E-state index in [1.54, 1.807) is 0 Å². The maximum Gasteiger partial charge on any atom is 0.254 e. The quantitative estimate of drug-likeness (QED) is 0.680. The van der Waals surface area contributed by atoms with Crippen LogP contribution in [-0.4, -0.2) is 35.2 Å². The van der Waals surface area contributed by atoms with E-state index in [1.165, 1.54) is 44.1 Å². The summed E-state index contributed by atoms with van der Waals surface area (Å²) in [6.45, 7) is 4.28. The molecule has 20 heavy (non-hydrogen) atoms. The maximum absolute atomic E-state index is 5.39. The van der Waals surface area contributed by atoms with Crippen LogP contribution in [0.4, 0.5) is 0 Å². The van der Waals surface area contributed by atoms with Gasteiger partial charge in [-0.1, -0.05) is 50.3 Å². The molecule has 0 bridgehead atoms. The van der Waals surface area contributed by atoms with Crippen LogP contribution < -0.4 is 0 Å². The number of hydrogen-bond acceptors (Lipinski definition) is 4. The van der Waals surface area contributed by atoms with E-state index < -0.39 is 0 Å². The highest BCUT2D eigenvalue weighted by Crippen LogP contribution is 2.18. The Bertz CT molecular complexity index is 425. The van der Waals surface area contributed by atoms with Gasteiger partial charge in [-0.3, -0.25) is 0 Å². The van der Waals surface area contributed by atoms with E-state index in [1.807, 2.05) is 0 Å². The van der Waals surface area contributed by atoms with Crippen molar-refractivity contribution in [3.05, 3.63) is 17.8 Å². The van der Waals surface area contributed by atoms with E-state index in [2.05, 4.69) is 35.1 Å². The first-order valence-electron chi connectivity index (χ1n) is 8.00. The van der Waals surface area contributed by atoms with Gasteiger partial charge >= 0.3 is 0 Å². The van der Waals surface area contributed by atoms with Gasteiger partial charge in [0.15, 0.2) is 5.82 Å². The summed E-state index contributed by atoms with van der Waals surface area (Å²) in [4.78, 5) is 6.81. The number of likely N-dealkylation sites (N-methyl/N-ethyl adjacent to an activating group) is 1. The third kappa shape index (κ3) is 4.75. The minimum atomic E-state index is 0.720. The van der Waals surface area contributed by atoms with Gasteiger partial charge in [0.05, 0.1) is 0 Å². The maximum atomic E-state index is 5.39. The van der Waals surface area contributed by atoms with Crippen LogP contribution in [0.15, 0.2) is 10.6 Å². The Hall–Kier alpha value is -1.16. The van der Waals surface area contributed by atoms with Crippen molar-refractivity contribution in [3.8, 4) is 0 Å². The molecule has 0 aliphatic carbocycles. The predicted octanol–water partition coefficient (Wildman–Crippen LogP) is 3.69. The van der Waals surface area contributed by atoms with Crippen molar-refractivity contribution in [2.45, 2.75) is 58.3 Å². The van der Waals surface area contributed by atoms with Crippen molar-refractivity contribution >= 4 is 5.57 Å². The number of hydrogen-bond donors (Lipinski definition) is 0. The number of aromatic nitrogens is 2. The minimum absolute atomic E-state index is 0.720. The monoisotopic (exact) mass is 277 g/mol. The Balaban J connectivity index is 1.73. The largest absolute Gasteiger partial charge is 0.334 e. The van der Waals surface area contributed by atoms with E-state index >= 15 is 0 Å². The summed E-state index contributed by atoms with van der Waals surface area (Å²) in [5, 5.41) is 4.10. The minimum Gasteiger partial charge on any atom is -0.334 e. The molecule has 0 unspecified atom stereocenters. The average Bonchev–Trinajstić information content (AvgIpc) is 2.91. The fraction of sp³-hybridized carbons (Fsp3) is 0.750. The Morgan fingerprint density at radius 3 is 2.80 bits per heavy atom. The van der Waals surface area contributed by atoms with E-state index in [0.717, 1.165) is 37.6 Å². The molecule has 0 amide bonds. The fourth-order valence-corrected chi connectivity index (χ4v) is 2.60. The van der Waals surface area contributed by atoms with Gasteiger partial charge in [-0.05, 0) is 19.9 Å². The third-order valence-corrected chi connectivity index (χ3v) is 3.84. The van der Waals surface area contributed by atoms with Crippen molar-refractivity contribution < 1.29 is 4.52 Å². The summed E-state index contributed by atoms with van der Waals surface area (Å²) in [6, 6.07) is 0. The molecule has 1 aromatic heterocycles. The van der Waals surface area contributed by atoms with Crippen LogP contribution in [0.5, 0.6) is 0 Å². The lowest BCUT2D eigenvalue weighted by molar-refractivity contribution is 0.356. The number of unbranched alkanes of at least 4 members (excludes halogenated alkanes) is 5. The van der Waals surface area contributed by atoms with Gasteiger partial charge in [0.1, 0.15) is 0 Å². The molecule has 4 nitrogen and oxygen atoms in total. The van der Waals surface area contributed by atoms with Crippen molar-refractivity contribution in [2.75, 3.05) is 20.1 Å². The summed E-state index contributed by atoms with van der Waals surface area (Å²) in [6.07, 6.45) is 12.0. The van der Waals surface area contributed by atoms with Gasteiger partial charge in [-0.25, -0.2) is 0 Å². The van der Waals surface area contributed by atoms with Crippen molar-refractivity contribution in [1.29, 1.82) is 0 Å². The molecular formula is C16H27N3O. The molecule has 0 N–H and O–H groups in total. The lowest BCUT2D eigenvalue weighted by Crippen LogP contribution is -2.25. The summed E-state index contributed by atoms with van der Waals surface area (Å²) in [5.41, 5.74) is 1.18. The lowest BCUT2D eigenvalue weighted by atomic mass is 10.1. The van der Waals surface area contributed by atoms with E-state index in [4.69, 9.17) is 4.52 Å². The molecule has 1 aromatic rings. The second-order valence-corrected chi connectivity index (χ2v) is 5.79. The highest BCUT2D eigenvalue weighted by molar-refractivity contribution is 5.60. The smallest absolute Gasteiger partial charge is 0.254 e. The molecule has 0 saturated carbocycles. The highest BCUT2D eigenvalue weighted by Gasteiger charge is 2.16. The molecule has 0 aromatic carbocycles. The Labute approximate surface area is 122 Å². The zero-order chi connectivity index (χ0) is 14.2. The Morgan fingerprint density at radius 2 is 2.00 bits per heavy atom. The molecular weight excluding hydrogens is 250 g/mol. The van der Waals surface area contributed by atoms with Crippen molar-refractivity contribution in [2.24, 2.45) is 0 Å². The molecule has 0 radical (unpaired) electrons. The molecule has 4 heteroatoms. The Kier molecular flexibility index (Phi) is 6.25. The van der Waals surface area contributed by atoms with Crippen LogP contribution in [0.25, 0.3) is 5.57 Å². The van der Waals surface area contributed by atoms with E-state index in [-0.39, 0.29) is 0 Å². The normalized spacial score (nSPS) is 16.4. The molecule has 2 heterocycles. The van der Waals surface area contributed by atoms with Crippen LogP contribution in [-0.2, 0) is 6.42 Å². The number of rotatable bonds is 8. The van der Waals surface area contributed by atoms with Gasteiger partial charge in [-0.15, -0.1) is 0 Å². The molecule has 112 valence electrons. The molecule has 0 atom stereocenters. The fourth-order valence-electron chi connectivity index (χ4n) is 2.60. The first kappa shape index (κ1) is 15.2. The van der Waals surface area contributed by atoms with Gasteiger partial charge in [0, 0.05) is 25.1 Å². The van der Waals surface area contributed by atoms with E-state index in [9.17, 15) is 0 Å². The summed E-state index contributed by atoms with van der Waals surface area (Å²) >= 11 is 0. The highest BCUT2D eigenvalue weighted by atomic mass is 16.5. The zero-order valence-electron chi connectivity index (χ0n) is 12.9. The van der Waals surface area contributed by atoms with Crippen LogP contribution in [0, 0.1) is 0 Å². The summed E-state index contributed by atoms with van der Waals surface area (Å²) < 4.78 is 5.39.